The van der Waals surface area contributed by atoms with Crippen LogP contribution in [0.5, 0.6) is 5.88 Å². The molecule has 6 heterocycles. The van der Waals surface area contributed by atoms with Gasteiger partial charge in [-0.05, 0) is 95.5 Å². The number of imidazole rings is 1. The summed E-state index contributed by atoms with van der Waals surface area (Å²) in [6.45, 7) is 12.6. The van der Waals surface area contributed by atoms with Crippen molar-refractivity contribution in [2.24, 2.45) is 11.8 Å². The summed E-state index contributed by atoms with van der Waals surface area (Å²) in [5.41, 5.74) is 6.41. The van der Waals surface area contributed by atoms with Crippen LogP contribution < -0.4 is 10.1 Å². The molecule has 4 aromatic heterocycles. The number of fused-ring (bicyclic) bond motifs is 3. The lowest BCUT2D eigenvalue weighted by molar-refractivity contribution is 0.0592. The van der Waals surface area contributed by atoms with E-state index >= 15 is 0 Å². The van der Waals surface area contributed by atoms with Gasteiger partial charge in [-0.3, -0.25) is 9.20 Å². The van der Waals surface area contributed by atoms with Crippen molar-refractivity contribution in [1.29, 1.82) is 0 Å². The van der Waals surface area contributed by atoms with Crippen LogP contribution in [0.3, 0.4) is 0 Å². The Morgan fingerprint density at radius 1 is 1.11 bits per heavy atom. The molecule has 0 radical (unpaired) electrons. The number of carbonyl (C=O) groups is 1. The van der Waals surface area contributed by atoms with Gasteiger partial charge in [0.15, 0.2) is 5.88 Å². The first-order chi connectivity index (χ1) is 21.2. The van der Waals surface area contributed by atoms with Gasteiger partial charge in [0.2, 0.25) is 6.43 Å². The summed E-state index contributed by atoms with van der Waals surface area (Å²) in [6.07, 6.45) is 3.76. The summed E-state index contributed by atoms with van der Waals surface area (Å²) in [6, 6.07) is 10.8. The number of methoxy groups -OCH3 is 1. The molecule has 1 N–H and O–H groups in total. The highest BCUT2D eigenvalue weighted by Gasteiger charge is 2.34. The number of carbonyl (C=O) groups excluding carboxylic acids is 1. The Kier molecular flexibility index (Phi) is 9.87. The van der Waals surface area contributed by atoms with Gasteiger partial charge in [0.05, 0.1) is 18.5 Å². The van der Waals surface area contributed by atoms with Crippen molar-refractivity contribution < 1.29 is 19.7 Å². The molecule has 10 heteroatoms. The van der Waals surface area contributed by atoms with Crippen molar-refractivity contribution in [3.63, 3.8) is 0 Å². The van der Waals surface area contributed by atoms with Gasteiger partial charge in [-0.2, -0.15) is 0 Å². The normalized spacial score (nSPS) is 19.7. The summed E-state index contributed by atoms with van der Waals surface area (Å²) in [5, 5.41) is 4.77. The van der Waals surface area contributed by atoms with Crippen LogP contribution in [0.15, 0.2) is 30.3 Å². The Labute approximate surface area is 260 Å². The number of pyridine rings is 2. The molecule has 0 aromatic carbocycles. The number of piperidine rings is 2. The minimum atomic E-state index is -2.17. The van der Waals surface area contributed by atoms with Crippen molar-refractivity contribution in [3.05, 3.63) is 47.3 Å². The zero-order valence-electron chi connectivity index (χ0n) is 26.9. The van der Waals surface area contributed by atoms with Crippen LogP contribution in [0.4, 0.5) is 8.78 Å². The van der Waals surface area contributed by atoms with E-state index in [4.69, 9.17) is 14.7 Å². The number of rotatable bonds is 5. The molecule has 8 nitrogen and oxygen atoms in total. The number of nitrogens with zero attached hydrogens (tertiary/aromatic N) is 5. The molecule has 2 aliphatic heterocycles. The van der Waals surface area contributed by atoms with Crippen LogP contribution in [0.25, 0.3) is 28.1 Å². The number of amides is 1. The van der Waals surface area contributed by atoms with Gasteiger partial charge in [0.1, 0.15) is 17.0 Å². The summed E-state index contributed by atoms with van der Waals surface area (Å²) in [7, 11) is 1.66. The predicted octanol–water partition coefficient (Wildman–Crippen LogP) is 7.14. The van der Waals surface area contributed by atoms with Crippen LogP contribution in [0.1, 0.15) is 76.0 Å². The number of aromatic nitrogens is 4. The highest BCUT2D eigenvalue weighted by atomic mass is 19.3. The van der Waals surface area contributed by atoms with Gasteiger partial charge in [-0.1, -0.05) is 13.8 Å². The molecule has 240 valence electrons. The third-order valence-electron chi connectivity index (χ3n) is 8.82. The Hall–Kier alpha value is -3.53. The zero-order valence-corrected chi connectivity index (χ0v) is 26.9. The number of halogens is 2. The maximum atomic E-state index is 13.7. The van der Waals surface area contributed by atoms with Gasteiger partial charge in [-0.15, -0.1) is 0 Å². The molecule has 2 saturated heterocycles. The van der Waals surface area contributed by atoms with E-state index in [1.807, 2.05) is 42.2 Å². The van der Waals surface area contributed by atoms with E-state index in [2.05, 4.69) is 35.0 Å². The van der Waals surface area contributed by atoms with Crippen LogP contribution >= 0.6 is 0 Å². The second-order valence-corrected chi connectivity index (χ2v) is 12.0. The Morgan fingerprint density at radius 3 is 2.57 bits per heavy atom. The van der Waals surface area contributed by atoms with E-state index in [1.165, 1.54) is 25.7 Å². The second kappa shape index (κ2) is 13.6. The molecule has 44 heavy (non-hydrogen) atoms. The minimum Gasteiger partial charge on any atom is -0.482 e. The molecular formula is C34H48F2N6O2. The van der Waals surface area contributed by atoms with Crippen molar-refractivity contribution >= 4 is 22.6 Å². The lowest BCUT2D eigenvalue weighted by Crippen LogP contribution is -2.53. The predicted molar refractivity (Wildman–Crippen MR) is 173 cm³/mol. The largest absolute Gasteiger partial charge is 0.482 e. The van der Waals surface area contributed by atoms with Crippen LogP contribution in [-0.4, -0.2) is 69.0 Å². The Bertz CT molecular complexity index is 1610. The van der Waals surface area contributed by atoms with Crippen molar-refractivity contribution in [2.75, 3.05) is 26.7 Å². The monoisotopic (exact) mass is 610 g/mol. The summed E-state index contributed by atoms with van der Waals surface area (Å²) >= 11 is 0. The van der Waals surface area contributed by atoms with Crippen LogP contribution in [0, 0.1) is 25.7 Å². The number of nitrogens with one attached hydrogen (secondary N) is 1. The molecule has 0 spiro atoms. The maximum absolute atomic E-state index is 13.7. The van der Waals surface area contributed by atoms with E-state index in [0.29, 0.717) is 29.3 Å². The van der Waals surface area contributed by atoms with Crippen LogP contribution in [0.2, 0.25) is 0 Å². The molecule has 1 amide bonds. The fraction of sp³-hybridized carbons (Fsp3) is 0.559. The second-order valence-electron chi connectivity index (χ2n) is 12.0. The lowest BCUT2D eigenvalue weighted by Gasteiger charge is -2.41. The summed E-state index contributed by atoms with van der Waals surface area (Å²) < 4.78 is 30.9. The molecular weight excluding hydrogens is 562 g/mol. The van der Waals surface area contributed by atoms with Gasteiger partial charge >= 0.3 is 0 Å². The van der Waals surface area contributed by atoms with Crippen molar-refractivity contribution in [2.45, 2.75) is 85.7 Å². The molecule has 4 aromatic rings. The highest BCUT2D eigenvalue weighted by Crippen LogP contribution is 2.37. The molecule has 3 fully saturated rings. The first-order valence-corrected chi connectivity index (χ1v) is 16.1. The van der Waals surface area contributed by atoms with E-state index in [1.54, 1.807) is 7.11 Å². The number of alkyl halides is 2. The average molecular weight is 611 g/mol. The smallest absolute Gasteiger partial charge is 0.254 e. The highest BCUT2D eigenvalue weighted by molar-refractivity contribution is 5.96. The van der Waals surface area contributed by atoms with E-state index < -0.39 is 6.43 Å². The number of likely N-dealkylation sites (tertiary alicyclic amines) is 1. The van der Waals surface area contributed by atoms with Crippen molar-refractivity contribution in [3.8, 4) is 17.3 Å². The van der Waals surface area contributed by atoms with Gasteiger partial charge in [0.25, 0.3) is 5.91 Å². The minimum absolute atomic E-state index is 0. The van der Waals surface area contributed by atoms with Crippen LogP contribution in [-0.2, 0) is 6.54 Å². The summed E-state index contributed by atoms with van der Waals surface area (Å²) in [4.78, 5) is 25.7. The topological polar surface area (TPSA) is 76.7 Å². The average Bonchev–Trinajstić information content (AvgIpc) is 3.70. The maximum Gasteiger partial charge on any atom is 0.254 e. The number of aryl methyl sites for hydroxylation is 2. The SMILES string of the molecule is CC.CC(F)F.COc1cc(C(=O)N2CC[C@H]3NCCC[C@H]3C2)cc2nc(-c3cc4ccc(C)nc4n3CC3CC3)c(C)n12.[HH]. The quantitative estimate of drug-likeness (QED) is 0.260. The molecule has 2 atom stereocenters. The van der Waals surface area contributed by atoms with Gasteiger partial charge in [0, 0.05) is 49.8 Å². The van der Waals surface area contributed by atoms with Gasteiger partial charge in [-0.25, -0.2) is 18.7 Å². The first-order valence-electron chi connectivity index (χ1n) is 16.1. The molecule has 1 aliphatic carbocycles. The third-order valence-corrected chi connectivity index (χ3v) is 8.82. The standard InChI is InChI=1S/C30H36N6O2.C2H4F2.C2H6.H2/c1-18-6-9-21-13-25(35(29(21)32-18)16-20-7-8-20)28-19(2)36-26(33-28)14-23(15-27(36)38-3)30(37)34-12-10-24-22(17-34)5-4-11-31-24;1-2(3)4;1-2;/h6,9,13-15,20,22,24,31H,4-5,7-8,10-12,16-17H2,1-3H3;2H,1H3;1-2H3;1H/t22-,24+;;;/m0.../s1. The summed E-state index contributed by atoms with van der Waals surface area (Å²) in [5.74, 6) is 1.94. The molecule has 0 unspecified atom stereocenters. The molecule has 7 rings (SSSR count). The van der Waals surface area contributed by atoms with Gasteiger partial charge < -0.3 is 19.5 Å². The van der Waals surface area contributed by atoms with E-state index in [0.717, 1.165) is 79.0 Å². The number of ether oxygens (including phenoxy) is 1. The number of hydrogen-bond acceptors (Lipinski definition) is 5. The first kappa shape index (κ1) is 31.9. The Balaban J connectivity index is 0.000000613. The molecule has 0 bridgehead atoms. The fourth-order valence-electron chi connectivity index (χ4n) is 6.57. The molecule has 3 aliphatic rings. The van der Waals surface area contributed by atoms with E-state index in [-0.39, 0.29) is 7.33 Å². The fourth-order valence-corrected chi connectivity index (χ4v) is 6.57. The number of hydrogen-bond donors (Lipinski definition) is 1. The Morgan fingerprint density at radius 2 is 1.86 bits per heavy atom. The zero-order chi connectivity index (χ0) is 31.5. The third kappa shape index (κ3) is 6.60. The lowest BCUT2D eigenvalue weighted by atomic mass is 9.85. The van der Waals surface area contributed by atoms with E-state index in [9.17, 15) is 13.6 Å². The van der Waals surface area contributed by atoms with Crippen molar-refractivity contribution in [1.82, 2.24) is 29.2 Å². The molecule has 1 saturated carbocycles.